The first-order valence-electron chi connectivity index (χ1n) is 4.63. The van der Waals surface area contributed by atoms with Crippen LogP contribution in [0.25, 0.3) is 0 Å². The van der Waals surface area contributed by atoms with Crippen LogP contribution in [0.3, 0.4) is 0 Å². The Morgan fingerprint density at radius 1 is 1.33 bits per heavy atom. The summed E-state index contributed by atoms with van der Waals surface area (Å²) >= 11 is 11.5. The molecule has 82 valence electrons. The summed E-state index contributed by atoms with van der Waals surface area (Å²) < 4.78 is 0. The Kier molecular flexibility index (Phi) is 4.00. The number of carbonyl (C=O) groups is 1. The summed E-state index contributed by atoms with van der Waals surface area (Å²) in [6, 6.07) is 2.70. The third kappa shape index (κ3) is 3.11. The normalized spacial score (nSPS) is 10.7. The van der Waals surface area contributed by atoms with Crippen LogP contribution in [0.15, 0.2) is 12.1 Å². The SMILES string of the molecule is CC(C)CC(=O)c1cc(Cl)c(O)cc1Cl. The molecule has 0 aliphatic rings. The van der Waals surface area contributed by atoms with Gasteiger partial charge in [0.2, 0.25) is 0 Å². The van der Waals surface area contributed by atoms with E-state index in [1.165, 1.54) is 12.1 Å². The summed E-state index contributed by atoms with van der Waals surface area (Å²) in [7, 11) is 0. The fourth-order valence-electron chi connectivity index (χ4n) is 1.23. The van der Waals surface area contributed by atoms with Crippen molar-refractivity contribution in [1.82, 2.24) is 0 Å². The van der Waals surface area contributed by atoms with Crippen LogP contribution >= 0.6 is 23.2 Å². The van der Waals surface area contributed by atoms with Gasteiger partial charge in [-0.3, -0.25) is 4.79 Å². The van der Waals surface area contributed by atoms with Gasteiger partial charge in [-0.1, -0.05) is 37.0 Å². The minimum atomic E-state index is -0.109. The molecule has 0 atom stereocenters. The molecule has 0 spiro atoms. The maximum atomic E-state index is 11.7. The third-order valence-corrected chi connectivity index (χ3v) is 2.55. The van der Waals surface area contributed by atoms with E-state index in [-0.39, 0.29) is 27.5 Å². The number of ketones is 1. The Balaban J connectivity index is 3.04. The van der Waals surface area contributed by atoms with Crippen LogP contribution in [0.5, 0.6) is 5.75 Å². The first-order valence-corrected chi connectivity index (χ1v) is 5.38. The van der Waals surface area contributed by atoms with Crippen LogP contribution in [0.4, 0.5) is 0 Å². The van der Waals surface area contributed by atoms with Crippen molar-refractivity contribution in [2.75, 3.05) is 0 Å². The highest BCUT2D eigenvalue weighted by molar-refractivity contribution is 6.36. The van der Waals surface area contributed by atoms with Crippen molar-refractivity contribution in [3.05, 3.63) is 27.7 Å². The van der Waals surface area contributed by atoms with E-state index < -0.39 is 0 Å². The highest BCUT2D eigenvalue weighted by Crippen LogP contribution is 2.31. The molecule has 0 saturated carbocycles. The zero-order chi connectivity index (χ0) is 11.6. The molecule has 4 heteroatoms. The molecule has 0 saturated heterocycles. The van der Waals surface area contributed by atoms with E-state index in [4.69, 9.17) is 23.2 Å². The lowest BCUT2D eigenvalue weighted by atomic mass is 10.0. The van der Waals surface area contributed by atoms with Gasteiger partial charge in [-0.2, -0.15) is 0 Å². The predicted octanol–water partition coefficient (Wildman–Crippen LogP) is 3.93. The summed E-state index contributed by atoms with van der Waals surface area (Å²) in [6.07, 6.45) is 0.417. The van der Waals surface area contributed by atoms with Crippen LogP contribution in [0.2, 0.25) is 10.0 Å². The molecule has 15 heavy (non-hydrogen) atoms. The largest absolute Gasteiger partial charge is 0.506 e. The van der Waals surface area contributed by atoms with E-state index >= 15 is 0 Å². The summed E-state index contributed by atoms with van der Waals surface area (Å²) in [5, 5.41) is 9.64. The first kappa shape index (κ1) is 12.3. The molecule has 1 aromatic rings. The van der Waals surface area contributed by atoms with Crippen LogP contribution in [0.1, 0.15) is 30.6 Å². The van der Waals surface area contributed by atoms with Gasteiger partial charge in [-0.05, 0) is 12.0 Å². The number of rotatable bonds is 3. The monoisotopic (exact) mass is 246 g/mol. The predicted molar refractivity (Wildman–Crippen MR) is 61.9 cm³/mol. The highest BCUT2D eigenvalue weighted by atomic mass is 35.5. The van der Waals surface area contributed by atoms with Crippen molar-refractivity contribution in [2.45, 2.75) is 20.3 Å². The van der Waals surface area contributed by atoms with Crippen molar-refractivity contribution in [3.63, 3.8) is 0 Å². The second-order valence-corrected chi connectivity index (χ2v) is 4.62. The van der Waals surface area contributed by atoms with Crippen molar-refractivity contribution in [2.24, 2.45) is 5.92 Å². The number of carbonyl (C=O) groups excluding carboxylic acids is 1. The second-order valence-electron chi connectivity index (χ2n) is 3.80. The highest BCUT2D eigenvalue weighted by Gasteiger charge is 2.14. The second kappa shape index (κ2) is 4.86. The molecule has 1 aromatic carbocycles. The topological polar surface area (TPSA) is 37.3 Å². The van der Waals surface area contributed by atoms with E-state index in [1.807, 2.05) is 13.8 Å². The number of benzene rings is 1. The molecule has 0 heterocycles. The first-order chi connectivity index (χ1) is 6.91. The number of hydrogen-bond donors (Lipinski definition) is 1. The number of halogens is 2. The molecule has 1 rings (SSSR count). The maximum Gasteiger partial charge on any atom is 0.164 e. The van der Waals surface area contributed by atoms with Crippen molar-refractivity contribution in [3.8, 4) is 5.75 Å². The Morgan fingerprint density at radius 2 is 1.93 bits per heavy atom. The average molecular weight is 247 g/mol. The molecule has 0 bridgehead atoms. The molecule has 0 radical (unpaired) electrons. The molecule has 1 N–H and O–H groups in total. The van der Waals surface area contributed by atoms with E-state index in [1.54, 1.807) is 0 Å². The van der Waals surface area contributed by atoms with Gasteiger partial charge >= 0.3 is 0 Å². The van der Waals surface area contributed by atoms with Crippen molar-refractivity contribution in [1.29, 1.82) is 0 Å². The fourth-order valence-corrected chi connectivity index (χ4v) is 1.66. The van der Waals surface area contributed by atoms with Gasteiger partial charge in [-0.25, -0.2) is 0 Å². The van der Waals surface area contributed by atoms with Crippen LogP contribution in [-0.2, 0) is 0 Å². The summed E-state index contributed by atoms with van der Waals surface area (Å²) in [4.78, 5) is 11.7. The summed E-state index contributed by atoms with van der Waals surface area (Å²) in [6.45, 7) is 3.90. The zero-order valence-electron chi connectivity index (χ0n) is 8.55. The van der Waals surface area contributed by atoms with Crippen molar-refractivity contribution < 1.29 is 9.90 Å². The Morgan fingerprint density at radius 3 is 2.47 bits per heavy atom. The van der Waals surface area contributed by atoms with E-state index in [9.17, 15) is 9.90 Å². The van der Waals surface area contributed by atoms with E-state index in [0.717, 1.165) is 0 Å². The molecule has 2 nitrogen and oxygen atoms in total. The lowest BCUT2D eigenvalue weighted by Crippen LogP contribution is -2.04. The molecule has 0 amide bonds. The fraction of sp³-hybridized carbons (Fsp3) is 0.364. The molecule has 0 aromatic heterocycles. The number of hydrogen-bond acceptors (Lipinski definition) is 2. The van der Waals surface area contributed by atoms with Gasteiger partial charge in [0.25, 0.3) is 0 Å². The van der Waals surface area contributed by atoms with Crippen LogP contribution < -0.4 is 0 Å². The summed E-state index contributed by atoms with van der Waals surface area (Å²) in [5.41, 5.74) is 0.369. The van der Waals surface area contributed by atoms with Crippen molar-refractivity contribution >= 4 is 29.0 Å². The number of phenolic OH excluding ortho intramolecular Hbond substituents is 1. The standard InChI is InChI=1S/C11H12Cl2O2/c1-6(2)3-10(14)7-4-9(13)11(15)5-8(7)12/h4-6,15H,3H2,1-2H3. The molecule has 0 aliphatic heterocycles. The van der Waals surface area contributed by atoms with Gasteiger partial charge < -0.3 is 5.11 Å². The Labute approximate surface area is 98.8 Å². The van der Waals surface area contributed by atoms with Crippen LogP contribution in [0, 0.1) is 5.92 Å². The van der Waals surface area contributed by atoms with E-state index in [0.29, 0.717) is 12.0 Å². The van der Waals surface area contributed by atoms with Crippen LogP contribution in [-0.4, -0.2) is 10.9 Å². The number of phenols is 1. The lowest BCUT2D eigenvalue weighted by Gasteiger charge is -2.07. The lowest BCUT2D eigenvalue weighted by molar-refractivity contribution is 0.0968. The van der Waals surface area contributed by atoms with E-state index in [2.05, 4.69) is 0 Å². The third-order valence-electron chi connectivity index (χ3n) is 1.93. The molecule has 0 aliphatic carbocycles. The van der Waals surface area contributed by atoms with Gasteiger partial charge in [0.05, 0.1) is 10.0 Å². The Hall–Kier alpha value is -0.730. The molecular weight excluding hydrogens is 235 g/mol. The minimum Gasteiger partial charge on any atom is -0.506 e. The quantitative estimate of drug-likeness (QED) is 0.821. The number of aromatic hydroxyl groups is 1. The van der Waals surface area contributed by atoms with Gasteiger partial charge in [0, 0.05) is 18.1 Å². The van der Waals surface area contributed by atoms with Gasteiger partial charge in [-0.15, -0.1) is 0 Å². The minimum absolute atomic E-state index is 0.0584. The molecule has 0 unspecified atom stereocenters. The summed E-state index contributed by atoms with van der Waals surface area (Å²) in [5.74, 6) is 0.0980. The Bertz CT molecular complexity index is 386. The van der Waals surface area contributed by atoms with Gasteiger partial charge in [0.1, 0.15) is 5.75 Å². The average Bonchev–Trinajstić information content (AvgIpc) is 2.09. The molecular formula is C11H12Cl2O2. The zero-order valence-corrected chi connectivity index (χ0v) is 10.1. The van der Waals surface area contributed by atoms with Gasteiger partial charge in [0.15, 0.2) is 5.78 Å². The maximum absolute atomic E-state index is 11.7. The molecule has 0 fully saturated rings. The smallest absolute Gasteiger partial charge is 0.164 e. The number of Topliss-reactive ketones (excluding diaryl/α,β-unsaturated/α-hetero) is 1.